The van der Waals surface area contributed by atoms with Gasteiger partial charge >= 0.3 is 0 Å². The van der Waals surface area contributed by atoms with Crippen LogP contribution in [0.3, 0.4) is 0 Å². The monoisotopic (exact) mass is 1120 g/mol. The summed E-state index contributed by atoms with van der Waals surface area (Å²) in [5, 5.41) is 4.50. The summed E-state index contributed by atoms with van der Waals surface area (Å²) in [7, 11) is 0. The minimum absolute atomic E-state index is 0.000633. The van der Waals surface area contributed by atoms with Crippen LogP contribution in [0.5, 0.6) is 0 Å². The Morgan fingerprint density at radius 2 is 0.942 bits per heavy atom. The predicted molar refractivity (Wildman–Crippen MR) is 363 cm³/mol. The highest BCUT2D eigenvalue weighted by molar-refractivity contribution is 7.00. The number of hydrogen-bond donors (Lipinski definition) is 0. The zero-order chi connectivity index (χ0) is 59.1. The van der Waals surface area contributed by atoms with Crippen molar-refractivity contribution in [2.75, 3.05) is 14.7 Å². The van der Waals surface area contributed by atoms with Gasteiger partial charge in [-0.1, -0.05) is 199 Å². The smallest absolute Gasteiger partial charge is 0.252 e. The van der Waals surface area contributed by atoms with Crippen LogP contribution in [-0.2, 0) is 32.5 Å². The molecule has 0 spiro atoms. The third kappa shape index (κ3) is 6.69. The molecule has 9 aromatic carbocycles. The Hall–Kier alpha value is -7.96. The Labute approximate surface area is 508 Å². The van der Waals surface area contributed by atoms with Gasteiger partial charge in [0.15, 0.2) is 5.58 Å². The molecule has 1 saturated carbocycles. The molecule has 0 radical (unpaired) electrons. The van der Waals surface area contributed by atoms with E-state index in [0.29, 0.717) is 0 Å². The number of hydrogen-bond acceptors (Lipinski definition) is 5. The van der Waals surface area contributed by atoms with Gasteiger partial charge in [0, 0.05) is 66.5 Å². The van der Waals surface area contributed by atoms with Crippen molar-refractivity contribution in [2.45, 2.75) is 167 Å². The Kier molecular flexibility index (Phi) is 10.3. The second-order valence-corrected chi connectivity index (χ2v) is 30.6. The van der Waals surface area contributed by atoms with Crippen molar-refractivity contribution in [1.29, 1.82) is 0 Å². The summed E-state index contributed by atoms with van der Waals surface area (Å²) in [4.78, 5) is 8.23. The molecular weight excluding hydrogens is 1050 g/mol. The molecule has 3 aliphatic heterocycles. The minimum Gasteiger partial charge on any atom is -0.456 e. The lowest BCUT2D eigenvalue weighted by atomic mass is 9.32. The number of nitrogens with zero attached hydrogens (tertiary/aromatic N) is 3. The van der Waals surface area contributed by atoms with Crippen molar-refractivity contribution in [3.8, 4) is 0 Å². The lowest BCUT2D eigenvalue weighted by molar-refractivity contribution is 0.195. The first kappa shape index (κ1) is 52.4. The lowest BCUT2D eigenvalue weighted by Crippen LogP contribution is -2.62. The molecule has 2 unspecified atom stereocenters. The molecule has 5 heterocycles. The molecule has 1 fully saturated rings. The van der Waals surface area contributed by atoms with Crippen LogP contribution in [0, 0.1) is 0 Å². The van der Waals surface area contributed by atoms with E-state index in [1.165, 1.54) is 108 Å². The van der Waals surface area contributed by atoms with E-state index in [1.54, 1.807) is 0 Å². The summed E-state index contributed by atoms with van der Waals surface area (Å²) in [6, 6.07) is 63.7. The van der Waals surface area contributed by atoms with Crippen LogP contribution in [-0.4, -0.2) is 12.3 Å². The summed E-state index contributed by atoms with van der Waals surface area (Å²) < 4.78 is 14.2. The molecule has 3 aliphatic carbocycles. The normalized spacial score (nSPS) is 21.6. The molecule has 0 amide bonds. The number of fused-ring (bicyclic) bond motifs is 16. The van der Waals surface area contributed by atoms with Crippen molar-refractivity contribution in [1.82, 2.24) is 0 Å². The summed E-state index contributed by atoms with van der Waals surface area (Å²) in [6.07, 6.45) is 6.87. The summed E-state index contributed by atoms with van der Waals surface area (Å²) >= 11 is 0. The third-order valence-electron chi connectivity index (χ3n) is 23.3. The largest absolute Gasteiger partial charge is 0.456 e. The average molecular weight is 1120 g/mol. The van der Waals surface area contributed by atoms with E-state index in [1.807, 2.05) is 0 Å². The van der Waals surface area contributed by atoms with Gasteiger partial charge in [0.1, 0.15) is 16.7 Å². The fourth-order valence-electron chi connectivity index (χ4n) is 18.1. The van der Waals surface area contributed by atoms with E-state index in [4.69, 9.17) is 8.83 Å². The van der Waals surface area contributed by atoms with Crippen molar-refractivity contribution >= 4 is 112 Å². The maximum atomic E-state index is 7.25. The van der Waals surface area contributed by atoms with Crippen LogP contribution in [0.1, 0.15) is 173 Å². The zero-order valence-electron chi connectivity index (χ0n) is 52.6. The van der Waals surface area contributed by atoms with E-state index in [0.717, 1.165) is 80.9 Å². The van der Waals surface area contributed by atoms with Gasteiger partial charge in [-0.2, -0.15) is 0 Å². The molecule has 5 nitrogen and oxygen atoms in total. The number of benzene rings is 9. The summed E-state index contributed by atoms with van der Waals surface area (Å²) in [6.45, 7) is 32.0. The van der Waals surface area contributed by atoms with Crippen molar-refractivity contribution in [3.63, 3.8) is 0 Å². The number of furan rings is 2. The molecule has 2 aromatic heterocycles. The maximum absolute atomic E-state index is 7.25. The van der Waals surface area contributed by atoms with E-state index in [9.17, 15) is 0 Å². The lowest BCUT2D eigenvalue weighted by Gasteiger charge is -2.51. The second kappa shape index (κ2) is 17.0. The van der Waals surface area contributed by atoms with Crippen LogP contribution in [0.2, 0.25) is 0 Å². The van der Waals surface area contributed by atoms with Crippen LogP contribution < -0.4 is 31.1 Å². The van der Waals surface area contributed by atoms with Crippen LogP contribution in [0.25, 0.3) is 43.9 Å². The first-order valence-electron chi connectivity index (χ1n) is 32.0. The molecule has 0 N–H and O–H groups in total. The van der Waals surface area contributed by atoms with E-state index in [-0.39, 0.29) is 44.7 Å². The second-order valence-electron chi connectivity index (χ2n) is 30.6. The minimum atomic E-state index is -0.295. The fourth-order valence-corrected chi connectivity index (χ4v) is 18.1. The highest BCUT2D eigenvalue weighted by Crippen LogP contribution is 2.63. The quantitative estimate of drug-likeness (QED) is 0.165. The fraction of sp³-hybridized carbons (Fsp3) is 0.325. The van der Waals surface area contributed by atoms with Crippen LogP contribution in [0.4, 0.5) is 45.5 Å². The van der Waals surface area contributed by atoms with Crippen molar-refractivity contribution in [3.05, 3.63) is 208 Å². The molecule has 6 aliphatic rings. The SMILES string of the molecule is CC(C)(C)c1ccc2c(c1)C1(C)CCCCC1(C)N2c1cc2c3c(c1)N(c1cccc4oc5ccccc5c14)c1cc4c(cc1B3c1cc3c(cc1N2c1cccc2c1oc1ccccc12)C(C)(C)CCC3(C)C)C(C)(C)c1ccccc1C4(C)C. The molecule has 11 aromatic rings. The predicted octanol–water partition coefficient (Wildman–Crippen LogP) is 19.9. The summed E-state index contributed by atoms with van der Waals surface area (Å²) in [5.74, 6) is 0. The maximum Gasteiger partial charge on any atom is 0.252 e. The Balaban J connectivity index is 1.07. The van der Waals surface area contributed by atoms with Crippen molar-refractivity contribution in [2.24, 2.45) is 0 Å². The average Bonchev–Trinajstić information content (AvgIpc) is 0.937. The van der Waals surface area contributed by atoms with Gasteiger partial charge in [-0.3, -0.25) is 0 Å². The van der Waals surface area contributed by atoms with Gasteiger partial charge < -0.3 is 23.5 Å². The Bertz CT molecular complexity index is 4790. The number of anilines is 8. The number of rotatable bonds is 3. The first-order valence-corrected chi connectivity index (χ1v) is 32.0. The molecule has 86 heavy (non-hydrogen) atoms. The van der Waals surface area contributed by atoms with Crippen LogP contribution in [0.15, 0.2) is 173 Å². The molecule has 428 valence electrons. The van der Waals surface area contributed by atoms with E-state index >= 15 is 0 Å². The van der Waals surface area contributed by atoms with Gasteiger partial charge in [-0.05, 0) is 170 Å². The first-order chi connectivity index (χ1) is 41.0. The van der Waals surface area contributed by atoms with Crippen molar-refractivity contribution < 1.29 is 8.83 Å². The molecule has 6 heteroatoms. The molecule has 0 bridgehead atoms. The van der Waals surface area contributed by atoms with Gasteiger partial charge in [-0.25, -0.2) is 0 Å². The molecule has 0 saturated heterocycles. The molecule has 17 rings (SSSR count). The summed E-state index contributed by atoms with van der Waals surface area (Å²) in [5.41, 5.74) is 27.5. The highest BCUT2D eigenvalue weighted by Gasteiger charge is 2.59. The van der Waals surface area contributed by atoms with Gasteiger partial charge in [0.05, 0.1) is 22.3 Å². The van der Waals surface area contributed by atoms with E-state index in [2.05, 4.69) is 269 Å². The van der Waals surface area contributed by atoms with Gasteiger partial charge in [0.2, 0.25) is 0 Å². The standard InChI is InChI=1S/C80H78BN3O2/c1-74(2,3)47-34-35-61-58(40-47)79(12)36-20-21-37-80(79,13)84(61)48-41-66-72-67(42-48)83(63-30-22-26-50-49-24-14-18-31-68(49)86-73(50)63)64-45-55-54(75(4,5)38-39-76(55,6)7)43-59(64)81(72)60-44-56-57(78(10,11)53-28-17-16-27-52(53)77(56,8)9)46-65(60)82(66)62-29-23-33-70-71(62)51-25-15-19-32-69(51)85-70/h14-19,22-35,40-46H,20-21,36-39H2,1-13H3. The topological polar surface area (TPSA) is 36.0 Å². The molecular formula is C80H78BN3O2. The number of para-hydroxylation sites is 3. The van der Waals surface area contributed by atoms with E-state index < -0.39 is 0 Å². The Morgan fingerprint density at radius 3 is 1.63 bits per heavy atom. The van der Waals surface area contributed by atoms with Gasteiger partial charge in [-0.15, -0.1) is 0 Å². The Morgan fingerprint density at radius 1 is 0.407 bits per heavy atom. The van der Waals surface area contributed by atoms with Gasteiger partial charge in [0.25, 0.3) is 6.71 Å². The van der Waals surface area contributed by atoms with Crippen LogP contribution >= 0.6 is 0 Å². The highest BCUT2D eigenvalue weighted by atomic mass is 16.3. The third-order valence-corrected chi connectivity index (χ3v) is 23.3. The zero-order valence-corrected chi connectivity index (χ0v) is 52.6. The molecule has 2 atom stereocenters.